The van der Waals surface area contributed by atoms with E-state index in [1.54, 1.807) is 45.5 Å². The van der Waals surface area contributed by atoms with Crippen LogP contribution in [0.2, 0.25) is 0 Å². The number of carbonyl (C=O) groups excluding carboxylic acids is 3. The van der Waals surface area contributed by atoms with Gasteiger partial charge >= 0.3 is 0 Å². The molecule has 1 unspecified atom stereocenters. The second-order valence-electron chi connectivity index (χ2n) is 5.89. The molecule has 0 spiro atoms. The first-order valence-electron chi connectivity index (χ1n) is 7.68. The van der Waals surface area contributed by atoms with Gasteiger partial charge in [0.05, 0.1) is 12.7 Å². The third-order valence-corrected chi connectivity index (χ3v) is 5.56. The number of aryl methyl sites for hydroxylation is 1. The number of rotatable bonds is 3. The minimum Gasteiger partial charge on any atom is -0.497 e. The first kappa shape index (κ1) is 17.2. The number of ketones is 1. The van der Waals surface area contributed by atoms with Crippen molar-refractivity contribution in [2.75, 3.05) is 31.0 Å². The molecule has 1 aromatic carbocycles. The van der Waals surface area contributed by atoms with Crippen LogP contribution in [-0.2, 0) is 9.59 Å². The van der Waals surface area contributed by atoms with Gasteiger partial charge in [-0.15, -0.1) is 11.3 Å². The monoisotopic (exact) mass is 358 g/mol. The largest absolute Gasteiger partial charge is 0.497 e. The Bertz CT molecular complexity index is 856. The standard InChI is InChI=1S/C18H18N2O4S/c1-10-9-25-18-13(10)15(21)14(17(23)20(18)3)16(22)19(2)11-5-7-12(24-4)8-6-11/h5-9,14H,1-4H3. The number of hydrogen-bond acceptors (Lipinski definition) is 5. The van der Waals surface area contributed by atoms with Gasteiger partial charge in [0, 0.05) is 19.8 Å². The molecule has 130 valence electrons. The number of Topliss-reactive ketones (excluding diaryl/α,β-unsaturated/α-hetero) is 1. The molecule has 6 nitrogen and oxygen atoms in total. The first-order chi connectivity index (χ1) is 11.9. The fraction of sp³-hybridized carbons (Fsp3) is 0.278. The van der Waals surface area contributed by atoms with Gasteiger partial charge < -0.3 is 14.5 Å². The summed E-state index contributed by atoms with van der Waals surface area (Å²) in [5, 5.41) is 2.43. The summed E-state index contributed by atoms with van der Waals surface area (Å²) in [5.74, 6) is -2.15. The van der Waals surface area contributed by atoms with E-state index in [9.17, 15) is 14.4 Å². The van der Waals surface area contributed by atoms with Gasteiger partial charge in [0.15, 0.2) is 11.7 Å². The number of fused-ring (bicyclic) bond motifs is 1. The van der Waals surface area contributed by atoms with Crippen LogP contribution in [0.5, 0.6) is 5.75 Å². The van der Waals surface area contributed by atoms with Crippen molar-refractivity contribution in [2.24, 2.45) is 5.92 Å². The van der Waals surface area contributed by atoms with Crippen LogP contribution in [0.3, 0.4) is 0 Å². The lowest BCUT2D eigenvalue weighted by molar-refractivity contribution is -0.130. The summed E-state index contributed by atoms with van der Waals surface area (Å²) in [5.41, 5.74) is 1.84. The maximum atomic E-state index is 12.9. The SMILES string of the molecule is COc1ccc(N(C)C(=O)C2C(=O)c3c(C)csc3N(C)C2=O)cc1. The Kier molecular flexibility index (Phi) is 4.34. The minimum atomic E-state index is -1.35. The van der Waals surface area contributed by atoms with E-state index in [-0.39, 0.29) is 0 Å². The van der Waals surface area contributed by atoms with Crippen LogP contribution in [0.15, 0.2) is 29.6 Å². The fourth-order valence-corrected chi connectivity index (χ4v) is 3.91. The maximum absolute atomic E-state index is 12.9. The molecule has 0 bridgehead atoms. The van der Waals surface area contributed by atoms with Crippen LogP contribution in [0.1, 0.15) is 15.9 Å². The highest BCUT2D eigenvalue weighted by molar-refractivity contribution is 7.15. The van der Waals surface area contributed by atoms with E-state index in [0.717, 1.165) is 5.56 Å². The summed E-state index contributed by atoms with van der Waals surface area (Å²) < 4.78 is 5.10. The average molecular weight is 358 g/mol. The van der Waals surface area contributed by atoms with E-state index in [4.69, 9.17) is 4.74 Å². The molecule has 0 radical (unpaired) electrons. The second-order valence-corrected chi connectivity index (χ2v) is 6.75. The number of methoxy groups -OCH3 is 1. The minimum absolute atomic E-state index is 0.429. The topological polar surface area (TPSA) is 66.9 Å². The zero-order valence-corrected chi connectivity index (χ0v) is 15.2. The molecule has 1 atom stereocenters. The predicted octanol–water partition coefficient (Wildman–Crippen LogP) is 2.50. The lowest BCUT2D eigenvalue weighted by Gasteiger charge is -2.30. The average Bonchev–Trinajstić information content (AvgIpc) is 3.01. The third kappa shape index (κ3) is 2.70. The van der Waals surface area contributed by atoms with E-state index in [1.807, 2.05) is 12.3 Å². The zero-order chi connectivity index (χ0) is 18.3. The number of thiophene rings is 1. The van der Waals surface area contributed by atoms with Gasteiger partial charge in [-0.3, -0.25) is 14.4 Å². The zero-order valence-electron chi connectivity index (χ0n) is 14.4. The molecule has 0 aliphatic carbocycles. The highest BCUT2D eigenvalue weighted by Crippen LogP contribution is 2.38. The van der Waals surface area contributed by atoms with Gasteiger partial charge in [-0.25, -0.2) is 0 Å². The molecular formula is C18H18N2O4S. The van der Waals surface area contributed by atoms with Crippen LogP contribution in [-0.4, -0.2) is 38.8 Å². The Labute approximate surface area is 149 Å². The Morgan fingerprint density at radius 3 is 2.48 bits per heavy atom. The van der Waals surface area contributed by atoms with Crippen LogP contribution < -0.4 is 14.5 Å². The summed E-state index contributed by atoms with van der Waals surface area (Å²) in [4.78, 5) is 41.1. The molecular weight excluding hydrogens is 340 g/mol. The molecule has 3 rings (SSSR count). The van der Waals surface area contributed by atoms with Crippen molar-refractivity contribution < 1.29 is 19.1 Å². The highest BCUT2D eigenvalue weighted by atomic mass is 32.1. The number of hydrogen-bond donors (Lipinski definition) is 0. The normalized spacial score (nSPS) is 16.6. The molecule has 2 aromatic rings. The molecule has 0 N–H and O–H groups in total. The number of anilines is 2. The van der Waals surface area contributed by atoms with Gasteiger partial charge in [0.25, 0.3) is 0 Å². The van der Waals surface area contributed by atoms with E-state index < -0.39 is 23.5 Å². The lowest BCUT2D eigenvalue weighted by atomic mass is 9.90. The maximum Gasteiger partial charge on any atom is 0.247 e. The quantitative estimate of drug-likeness (QED) is 0.791. The summed E-state index contributed by atoms with van der Waals surface area (Å²) >= 11 is 1.34. The van der Waals surface area contributed by atoms with Crippen LogP contribution >= 0.6 is 11.3 Å². The van der Waals surface area contributed by atoms with E-state index in [0.29, 0.717) is 22.0 Å². The smallest absolute Gasteiger partial charge is 0.247 e. The molecule has 1 aromatic heterocycles. The van der Waals surface area contributed by atoms with E-state index in [1.165, 1.54) is 21.1 Å². The number of ether oxygens (including phenoxy) is 1. The Morgan fingerprint density at radius 1 is 1.24 bits per heavy atom. The summed E-state index contributed by atoms with van der Waals surface area (Å²) in [6.07, 6.45) is 0. The van der Waals surface area contributed by atoms with Crippen LogP contribution in [0.25, 0.3) is 0 Å². The predicted molar refractivity (Wildman–Crippen MR) is 96.7 cm³/mol. The molecule has 0 saturated carbocycles. The van der Waals surface area contributed by atoms with Crippen molar-refractivity contribution >= 4 is 39.6 Å². The van der Waals surface area contributed by atoms with Gasteiger partial charge in [-0.05, 0) is 42.1 Å². The Hall–Kier alpha value is -2.67. The van der Waals surface area contributed by atoms with Crippen molar-refractivity contribution in [3.05, 3.63) is 40.8 Å². The van der Waals surface area contributed by atoms with Crippen molar-refractivity contribution in [3.63, 3.8) is 0 Å². The van der Waals surface area contributed by atoms with Gasteiger partial charge in [0.1, 0.15) is 10.8 Å². The van der Waals surface area contributed by atoms with Crippen LogP contribution in [0, 0.1) is 12.8 Å². The highest BCUT2D eigenvalue weighted by Gasteiger charge is 2.45. The molecule has 1 aliphatic rings. The molecule has 7 heteroatoms. The van der Waals surface area contributed by atoms with Crippen molar-refractivity contribution in [1.82, 2.24) is 0 Å². The number of nitrogens with zero attached hydrogens (tertiary/aromatic N) is 2. The summed E-state index contributed by atoms with van der Waals surface area (Å²) in [7, 11) is 4.71. The second kappa shape index (κ2) is 6.33. The van der Waals surface area contributed by atoms with Gasteiger partial charge in [0.2, 0.25) is 11.8 Å². The molecule has 2 heterocycles. The first-order valence-corrected chi connectivity index (χ1v) is 8.56. The summed E-state index contributed by atoms with van der Waals surface area (Å²) in [6.45, 7) is 1.81. The number of amides is 2. The lowest BCUT2D eigenvalue weighted by Crippen LogP contribution is -2.50. The molecule has 0 fully saturated rings. The van der Waals surface area contributed by atoms with Gasteiger partial charge in [-0.2, -0.15) is 0 Å². The summed E-state index contributed by atoms with van der Waals surface area (Å²) in [6, 6.07) is 6.85. The van der Waals surface area contributed by atoms with Crippen molar-refractivity contribution in [3.8, 4) is 5.75 Å². The van der Waals surface area contributed by atoms with Gasteiger partial charge in [-0.1, -0.05) is 0 Å². The Balaban J connectivity index is 1.94. The molecule has 2 amide bonds. The van der Waals surface area contributed by atoms with Crippen LogP contribution in [0.4, 0.5) is 10.7 Å². The molecule has 25 heavy (non-hydrogen) atoms. The molecule has 1 aliphatic heterocycles. The van der Waals surface area contributed by atoms with Crippen molar-refractivity contribution in [2.45, 2.75) is 6.92 Å². The van der Waals surface area contributed by atoms with E-state index >= 15 is 0 Å². The van der Waals surface area contributed by atoms with E-state index in [2.05, 4.69) is 0 Å². The third-order valence-electron chi connectivity index (χ3n) is 4.38. The fourth-order valence-electron chi connectivity index (χ4n) is 2.87. The molecule has 0 saturated heterocycles. The van der Waals surface area contributed by atoms with Crippen molar-refractivity contribution in [1.29, 1.82) is 0 Å². The Morgan fingerprint density at radius 2 is 1.88 bits per heavy atom. The number of carbonyl (C=O) groups is 3. The number of benzene rings is 1.